The second-order valence-electron chi connectivity index (χ2n) is 5.21. The molecule has 0 radical (unpaired) electrons. The summed E-state index contributed by atoms with van der Waals surface area (Å²) in [7, 11) is 1.72. The third kappa shape index (κ3) is 3.79. The molecule has 1 aromatic heterocycles. The summed E-state index contributed by atoms with van der Waals surface area (Å²) >= 11 is 7.75. The average molecular weight is 324 g/mol. The van der Waals surface area contributed by atoms with Gasteiger partial charge in [-0.25, -0.2) is 0 Å². The van der Waals surface area contributed by atoms with Gasteiger partial charge in [0.25, 0.3) is 0 Å². The van der Waals surface area contributed by atoms with Crippen LogP contribution in [0.2, 0.25) is 4.34 Å². The van der Waals surface area contributed by atoms with E-state index >= 15 is 0 Å². The maximum Gasteiger partial charge on any atom is 0.122 e. The van der Waals surface area contributed by atoms with Crippen molar-refractivity contribution in [1.29, 1.82) is 0 Å². The molecule has 0 aliphatic rings. The number of methoxy groups -OCH3 is 1. The van der Waals surface area contributed by atoms with Crippen molar-refractivity contribution in [3.05, 3.63) is 50.2 Å². The minimum atomic E-state index is 0.187. The Morgan fingerprint density at radius 3 is 2.57 bits per heavy atom. The van der Waals surface area contributed by atoms with E-state index in [0.717, 1.165) is 28.6 Å². The summed E-state index contributed by atoms with van der Waals surface area (Å²) in [5.74, 6) is 0.940. The summed E-state index contributed by atoms with van der Waals surface area (Å²) in [5.41, 5.74) is 3.68. The van der Waals surface area contributed by atoms with Crippen LogP contribution in [0.3, 0.4) is 0 Å². The molecular weight excluding hydrogens is 302 g/mol. The van der Waals surface area contributed by atoms with E-state index in [-0.39, 0.29) is 6.04 Å². The number of ether oxygens (including phenoxy) is 1. The van der Waals surface area contributed by atoms with E-state index in [0.29, 0.717) is 0 Å². The Morgan fingerprint density at radius 1 is 1.24 bits per heavy atom. The van der Waals surface area contributed by atoms with Gasteiger partial charge in [0, 0.05) is 4.88 Å². The van der Waals surface area contributed by atoms with Crippen molar-refractivity contribution in [1.82, 2.24) is 5.32 Å². The number of halogens is 1. The van der Waals surface area contributed by atoms with Crippen molar-refractivity contribution in [2.24, 2.45) is 0 Å². The molecule has 1 atom stereocenters. The zero-order valence-electron chi connectivity index (χ0n) is 13.0. The van der Waals surface area contributed by atoms with Crippen LogP contribution in [0.4, 0.5) is 0 Å². The van der Waals surface area contributed by atoms with Gasteiger partial charge in [0.2, 0.25) is 0 Å². The minimum Gasteiger partial charge on any atom is -0.496 e. The lowest BCUT2D eigenvalue weighted by molar-refractivity contribution is 0.411. The Hall–Kier alpha value is -1.03. The van der Waals surface area contributed by atoms with Crippen molar-refractivity contribution >= 4 is 22.9 Å². The molecule has 0 aliphatic carbocycles. The fourth-order valence-corrected chi connectivity index (χ4v) is 3.63. The van der Waals surface area contributed by atoms with Gasteiger partial charge in [-0.15, -0.1) is 11.3 Å². The van der Waals surface area contributed by atoms with Gasteiger partial charge in [0.05, 0.1) is 17.5 Å². The number of hydrogen-bond acceptors (Lipinski definition) is 3. The third-order valence-corrected chi connectivity index (χ3v) is 4.87. The number of hydrogen-bond donors (Lipinski definition) is 1. The van der Waals surface area contributed by atoms with Crippen LogP contribution in [0.25, 0.3) is 0 Å². The van der Waals surface area contributed by atoms with Gasteiger partial charge in [0.1, 0.15) is 5.75 Å². The Balaban J connectivity index is 2.43. The first kappa shape index (κ1) is 16.3. The Labute approximate surface area is 136 Å². The van der Waals surface area contributed by atoms with Gasteiger partial charge in [-0.05, 0) is 61.7 Å². The molecule has 0 fully saturated rings. The predicted octanol–water partition coefficient (Wildman–Crippen LogP) is 5.12. The smallest absolute Gasteiger partial charge is 0.122 e. The molecule has 0 saturated carbocycles. The second-order valence-corrected chi connectivity index (χ2v) is 6.95. The van der Waals surface area contributed by atoms with Gasteiger partial charge in [-0.3, -0.25) is 0 Å². The van der Waals surface area contributed by atoms with Gasteiger partial charge < -0.3 is 10.1 Å². The summed E-state index contributed by atoms with van der Waals surface area (Å²) in [6.45, 7) is 7.37. The van der Waals surface area contributed by atoms with Crippen LogP contribution in [-0.2, 0) is 0 Å². The molecule has 2 nitrogen and oxygen atoms in total. The monoisotopic (exact) mass is 323 g/mol. The van der Waals surface area contributed by atoms with Gasteiger partial charge >= 0.3 is 0 Å². The van der Waals surface area contributed by atoms with Crippen molar-refractivity contribution < 1.29 is 4.74 Å². The molecule has 2 rings (SSSR count). The van der Waals surface area contributed by atoms with Crippen molar-refractivity contribution in [2.75, 3.05) is 13.7 Å². The number of benzene rings is 1. The molecule has 0 saturated heterocycles. The summed E-state index contributed by atoms with van der Waals surface area (Å²) in [6, 6.07) is 8.59. The lowest BCUT2D eigenvalue weighted by Gasteiger charge is -2.21. The molecule has 0 amide bonds. The van der Waals surface area contributed by atoms with Crippen LogP contribution < -0.4 is 10.1 Å². The highest BCUT2D eigenvalue weighted by Crippen LogP contribution is 2.34. The molecule has 21 heavy (non-hydrogen) atoms. The fourth-order valence-electron chi connectivity index (χ4n) is 2.48. The number of thiophene rings is 1. The number of rotatable bonds is 6. The van der Waals surface area contributed by atoms with E-state index < -0.39 is 0 Å². The first-order valence-corrected chi connectivity index (χ1v) is 8.40. The highest BCUT2D eigenvalue weighted by atomic mass is 35.5. The highest BCUT2D eigenvalue weighted by molar-refractivity contribution is 7.16. The van der Waals surface area contributed by atoms with Crippen LogP contribution >= 0.6 is 22.9 Å². The summed E-state index contributed by atoms with van der Waals surface area (Å²) in [6.07, 6.45) is 1.10. The predicted molar refractivity (Wildman–Crippen MR) is 91.9 cm³/mol. The van der Waals surface area contributed by atoms with Crippen molar-refractivity contribution in [3.63, 3.8) is 0 Å². The maximum absolute atomic E-state index is 6.12. The molecule has 1 N–H and O–H groups in total. The minimum absolute atomic E-state index is 0.187. The quantitative estimate of drug-likeness (QED) is 0.797. The molecule has 0 bridgehead atoms. The summed E-state index contributed by atoms with van der Waals surface area (Å²) in [4.78, 5) is 1.25. The Bertz CT molecular complexity index is 609. The lowest BCUT2D eigenvalue weighted by atomic mass is 9.97. The normalized spacial score (nSPS) is 12.4. The number of aryl methyl sites for hydroxylation is 2. The van der Waals surface area contributed by atoms with Crippen molar-refractivity contribution in [2.45, 2.75) is 33.2 Å². The summed E-state index contributed by atoms with van der Waals surface area (Å²) < 4.78 is 6.24. The molecule has 2 aromatic rings. The van der Waals surface area contributed by atoms with Crippen molar-refractivity contribution in [3.8, 4) is 5.75 Å². The second kappa shape index (κ2) is 7.30. The van der Waals surface area contributed by atoms with E-state index in [1.165, 1.54) is 16.0 Å². The standard InChI is InChI=1S/C17H22ClNOS/c1-5-8-19-17(15-6-7-16(18)21-15)13-9-12(3)14(20-4)10-11(13)2/h6-7,9-10,17,19H,5,8H2,1-4H3. The molecule has 1 heterocycles. The first-order valence-electron chi connectivity index (χ1n) is 7.20. The molecule has 1 unspecified atom stereocenters. The SMILES string of the molecule is CCCNC(c1ccc(Cl)s1)c1cc(C)c(OC)cc1C. The fraction of sp³-hybridized carbons (Fsp3) is 0.412. The van der Waals surface area contributed by atoms with Crippen LogP contribution in [0.1, 0.15) is 41.0 Å². The van der Waals surface area contributed by atoms with Gasteiger partial charge in [-0.2, -0.15) is 0 Å². The van der Waals surface area contributed by atoms with E-state index in [1.54, 1.807) is 18.4 Å². The van der Waals surface area contributed by atoms with Crippen LogP contribution in [0.15, 0.2) is 24.3 Å². The van der Waals surface area contributed by atoms with Gasteiger partial charge in [-0.1, -0.05) is 24.6 Å². The first-order chi connectivity index (χ1) is 10.1. The zero-order valence-corrected chi connectivity index (χ0v) is 14.6. The Kier molecular flexibility index (Phi) is 5.68. The molecule has 0 aliphatic heterocycles. The lowest BCUT2D eigenvalue weighted by Crippen LogP contribution is -2.23. The van der Waals surface area contributed by atoms with E-state index in [2.05, 4.69) is 44.3 Å². The number of nitrogens with one attached hydrogen (secondary N) is 1. The molecule has 4 heteroatoms. The molecule has 1 aromatic carbocycles. The van der Waals surface area contributed by atoms with E-state index in [1.807, 2.05) is 6.07 Å². The largest absolute Gasteiger partial charge is 0.496 e. The molecular formula is C17H22ClNOS. The van der Waals surface area contributed by atoms with Crippen LogP contribution in [0.5, 0.6) is 5.75 Å². The maximum atomic E-state index is 6.12. The Morgan fingerprint density at radius 2 is 2.00 bits per heavy atom. The topological polar surface area (TPSA) is 21.3 Å². The van der Waals surface area contributed by atoms with E-state index in [4.69, 9.17) is 16.3 Å². The van der Waals surface area contributed by atoms with Gasteiger partial charge in [0.15, 0.2) is 0 Å². The van der Waals surface area contributed by atoms with Crippen LogP contribution in [-0.4, -0.2) is 13.7 Å². The van der Waals surface area contributed by atoms with Crippen LogP contribution in [0, 0.1) is 13.8 Å². The molecule has 114 valence electrons. The third-order valence-electron chi connectivity index (χ3n) is 3.57. The summed E-state index contributed by atoms with van der Waals surface area (Å²) in [5, 5.41) is 3.63. The highest BCUT2D eigenvalue weighted by Gasteiger charge is 2.19. The zero-order chi connectivity index (χ0) is 15.4. The average Bonchev–Trinajstić information content (AvgIpc) is 2.89. The van der Waals surface area contributed by atoms with E-state index in [9.17, 15) is 0 Å². The molecule has 0 spiro atoms.